The third kappa shape index (κ3) is 11.8. The highest BCUT2D eigenvalue weighted by molar-refractivity contribution is 7.88. The Labute approximate surface area is 193 Å². The van der Waals surface area contributed by atoms with E-state index in [1.807, 2.05) is 12.1 Å². The van der Waals surface area contributed by atoms with Gasteiger partial charge in [-0.25, -0.2) is 12.7 Å². The van der Waals surface area contributed by atoms with Crippen LogP contribution in [0, 0.1) is 5.41 Å². The van der Waals surface area contributed by atoms with E-state index in [1.54, 1.807) is 16.7 Å². The number of aromatic nitrogens is 1. The van der Waals surface area contributed by atoms with Crippen LogP contribution < -0.4 is 10.6 Å². The van der Waals surface area contributed by atoms with Crippen molar-refractivity contribution >= 4 is 21.7 Å². The number of unbranched alkanes of at least 4 members (excludes halogenated alkanes) is 5. The number of anilines is 1. The van der Waals surface area contributed by atoms with Crippen LogP contribution in [0.1, 0.15) is 44.9 Å². The van der Waals surface area contributed by atoms with Crippen molar-refractivity contribution in [3.8, 4) is 0 Å². The Kier molecular flexibility index (Phi) is 12.5. The van der Waals surface area contributed by atoms with E-state index in [2.05, 4.69) is 20.5 Å². The van der Waals surface area contributed by atoms with Crippen molar-refractivity contribution in [2.24, 2.45) is 0 Å². The molecular weight excluding hydrogens is 428 g/mol. The lowest BCUT2D eigenvalue weighted by Crippen LogP contribution is -2.39. The number of hydrogen-bond donors (Lipinski definition) is 3. The van der Waals surface area contributed by atoms with E-state index in [1.165, 1.54) is 6.26 Å². The molecule has 1 aromatic heterocycles. The number of rotatable bonds is 15. The highest BCUT2D eigenvalue weighted by atomic mass is 32.2. The maximum absolute atomic E-state index is 12.1. The average Bonchev–Trinajstić information content (AvgIpc) is 2.77. The van der Waals surface area contributed by atoms with Crippen molar-refractivity contribution in [3.05, 3.63) is 24.5 Å². The van der Waals surface area contributed by atoms with Crippen molar-refractivity contribution in [2.75, 3.05) is 64.1 Å². The topological polar surface area (TPSA) is 111 Å². The second-order valence-electron chi connectivity index (χ2n) is 8.25. The van der Waals surface area contributed by atoms with Crippen LogP contribution in [0.4, 0.5) is 5.69 Å². The molecule has 1 fully saturated rings. The number of nitrogens with one attached hydrogen (secondary N) is 3. The minimum Gasteiger partial charge on any atom is -0.379 e. The molecule has 2 heterocycles. The van der Waals surface area contributed by atoms with Gasteiger partial charge in [-0.05, 0) is 37.9 Å². The molecule has 0 atom stereocenters. The Balaban J connectivity index is 1.47. The van der Waals surface area contributed by atoms with Gasteiger partial charge < -0.3 is 15.4 Å². The van der Waals surface area contributed by atoms with E-state index >= 15 is 0 Å². The first kappa shape index (κ1) is 26.5. The quantitative estimate of drug-likeness (QED) is 0.206. The van der Waals surface area contributed by atoms with Crippen molar-refractivity contribution in [2.45, 2.75) is 44.9 Å². The van der Waals surface area contributed by atoms with Crippen LogP contribution >= 0.6 is 0 Å². The first-order valence-electron chi connectivity index (χ1n) is 11.7. The first-order chi connectivity index (χ1) is 15.4. The van der Waals surface area contributed by atoms with E-state index in [-0.39, 0.29) is 0 Å². The molecule has 0 aliphatic carbocycles. The lowest BCUT2D eigenvalue weighted by molar-refractivity contribution is 0.0369. The number of nitrogens with zero attached hydrogens (tertiary/aromatic N) is 3. The van der Waals surface area contributed by atoms with Gasteiger partial charge in [0.2, 0.25) is 10.0 Å². The zero-order valence-electron chi connectivity index (χ0n) is 19.4. The third-order valence-corrected chi connectivity index (χ3v) is 6.84. The molecule has 10 heteroatoms. The van der Waals surface area contributed by atoms with E-state index < -0.39 is 10.0 Å². The summed E-state index contributed by atoms with van der Waals surface area (Å²) >= 11 is 0. The minimum absolute atomic E-state index is 0.297. The van der Waals surface area contributed by atoms with Gasteiger partial charge >= 0.3 is 0 Å². The molecule has 32 heavy (non-hydrogen) atoms. The normalized spacial score (nSPS) is 15.1. The maximum Gasteiger partial charge on any atom is 0.211 e. The Bertz CT molecular complexity index is 741. The number of pyridine rings is 1. The molecule has 3 N–H and O–H groups in total. The lowest BCUT2D eigenvalue weighted by atomic mass is 10.1. The molecule has 1 aliphatic rings. The first-order valence-corrected chi connectivity index (χ1v) is 13.5. The van der Waals surface area contributed by atoms with E-state index in [4.69, 9.17) is 10.1 Å². The number of sulfonamides is 1. The van der Waals surface area contributed by atoms with Crippen LogP contribution in [0.15, 0.2) is 24.5 Å². The molecule has 1 saturated heterocycles. The lowest BCUT2D eigenvalue weighted by Gasteiger charge is -2.27. The van der Waals surface area contributed by atoms with Gasteiger partial charge in [0.15, 0.2) is 5.96 Å². The highest BCUT2D eigenvalue weighted by Crippen LogP contribution is 2.09. The molecule has 9 nitrogen and oxygen atoms in total. The Morgan fingerprint density at radius 2 is 1.69 bits per heavy atom. The van der Waals surface area contributed by atoms with Crippen LogP contribution in [0.25, 0.3) is 0 Å². The van der Waals surface area contributed by atoms with Crippen molar-refractivity contribution in [3.63, 3.8) is 0 Å². The summed E-state index contributed by atoms with van der Waals surface area (Å²) in [5, 5.41) is 14.0. The Morgan fingerprint density at radius 1 is 1.06 bits per heavy atom. The van der Waals surface area contributed by atoms with Gasteiger partial charge in [0, 0.05) is 50.8 Å². The fourth-order valence-electron chi connectivity index (χ4n) is 3.70. The van der Waals surface area contributed by atoms with Crippen LogP contribution in [-0.2, 0) is 14.8 Å². The third-order valence-electron chi connectivity index (χ3n) is 5.54. The molecule has 0 unspecified atom stereocenters. The summed E-state index contributed by atoms with van der Waals surface area (Å²) in [6, 6.07) is 3.65. The van der Waals surface area contributed by atoms with E-state index in [9.17, 15) is 8.42 Å². The average molecular weight is 469 g/mol. The second-order valence-corrected chi connectivity index (χ2v) is 10.2. The number of ether oxygens (including phenoxy) is 1. The fraction of sp³-hybridized carbons (Fsp3) is 0.727. The van der Waals surface area contributed by atoms with Crippen molar-refractivity contribution < 1.29 is 13.2 Å². The van der Waals surface area contributed by atoms with Gasteiger partial charge in [0.1, 0.15) is 0 Å². The van der Waals surface area contributed by atoms with Gasteiger partial charge in [0.25, 0.3) is 0 Å². The number of guanidine groups is 1. The summed E-state index contributed by atoms with van der Waals surface area (Å²) in [4.78, 5) is 6.30. The predicted molar refractivity (Wildman–Crippen MR) is 130 cm³/mol. The number of morpholine rings is 1. The van der Waals surface area contributed by atoms with Gasteiger partial charge in [-0.2, -0.15) is 0 Å². The summed E-state index contributed by atoms with van der Waals surface area (Å²) < 4.78 is 31.2. The van der Waals surface area contributed by atoms with Crippen LogP contribution in [0.3, 0.4) is 0 Å². The molecule has 0 saturated carbocycles. The van der Waals surface area contributed by atoms with Crippen molar-refractivity contribution in [1.29, 1.82) is 5.41 Å². The van der Waals surface area contributed by atoms with Crippen LogP contribution in [0.5, 0.6) is 0 Å². The molecule has 182 valence electrons. The van der Waals surface area contributed by atoms with Crippen LogP contribution in [0.2, 0.25) is 0 Å². The van der Waals surface area contributed by atoms with Gasteiger partial charge in [-0.1, -0.05) is 25.7 Å². The van der Waals surface area contributed by atoms with Crippen LogP contribution in [-0.4, -0.2) is 87.3 Å². The highest BCUT2D eigenvalue weighted by Gasteiger charge is 2.17. The largest absolute Gasteiger partial charge is 0.379 e. The fourth-order valence-corrected chi connectivity index (χ4v) is 4.62. The molecule has 1 aromatic rings. The molecule has 0 aromatic carbocycles. The van der Waals surface area contributed by atoms with Gasteiger partial charge in [-0.3, -0.25) is 15.3 Å². The standard InChI is InChI=1S/C22H40N6O3S/c1-32(29,30)28(16-8-14-27-17-19-31-20-18-27)15-7-5-3-2-4-6-11-25-22(23)26-21-9-12-24-13-10-21/h9-10,12-13H,2-8,11,14-20H2,1H3,(H3,23,24,25,26). The van der Waals surface area contributed by atoms with E-state index in [0.29, 0.717) is 19.0 Å². The minimum atomic E-state index is -3.15. The monoisotopic (exact) mass is 468 g/mol. The van der Waals surface area contributed by atoms with Gasteiger partial charge in [-0.15, -0.1) is 0 Å². The summed E-state index contributed by atoms with van der Waals surface area (Å²) in [7, 11) is -3.15. The smallest absolute Gasteiger partial charge is 0.211 e. The summed E-state index contributed by atoms with van der Waals surface area (Å²) in [6.07, 6.45) is 11.9. The maximum atomic E-state index is 12.1. The molecule has 0 bridgehead atoms. The SMILES string of the molecule is CS(=O)(=O)N(CCCCCCCCNC(=N)Nc1ccncc1)CCCN1CCOCC1. The summed E-state index contributed by atoms with van der Waals surface area (Å²) in [5.41, 5.74) is 0.849. The summed E-state index contributed by atoms with van der Waals surface area (Å²) in [5.74, 6) is 0.297. The molecule has 2 rings (SSSR count). The predicted octanol–water partition coefficient (Wildman–Crippen LogP) is 2.34. The summed E-state index contributed by atoms with van der Waals surface area (Å²) in [6.45, 7) is 6.34. The second kappa shape index (κ2) is 15.2. The number of hydrogen-bond acceptors (Lipinski definition) is 6. The molecule has 0 radical (unpaired) electrons. The molecule has 0 amide bonds. The van der Waals surface area contributed by atoms with Gasteiger partial charge in [0.05, 0.1) is 19.5 Å². The molecule has 1 aliphatic heterocycles. The zero-order chi connectivity index (χ0) is 23.1. The zero-order valence-corrected chi connectivity index (χ0v) is 20.2. The molecular formula is C22H40N6O3S. The Hall–Kier alpha value is -1.75. The van der Waals surface area contributed by atoms with Crippen molar-refractivity contribution in [1.82, 2.24) is 19.5 Å². The molecule has 0 spiro atoms. The Morgan fingerprint density at radius 3 is 2.38 bits per heavy atom. The van der Waals surface area contributed by atoms with E-state index in [0.717, 1.165) is 90.0 Å².